The van der Waals surface area contributed by atoms with Crippen LogP contribution in [0.25, 0.3) is 0 Å². The molecule has 0 unspecified atom stereocenters. The van der Waals surface area contributed by atoms with Gasteiger partial charge in [0.25, 0.3) is 0 Å². The molecule has 0 aliphatic rings. The lowest BCUT2D eigenvalue weighted by molar-refractivity contribution is -0.120. The van der Waals surface area contributed by atoms with Crippen LogP contribution in [0.15, 0.2) is 18.2 Å². The van der Waals surface area contributed by atoms with Crippen LogP contribution in [0.4, 0.5) is 5.69 Å². The quantitative estimate of drug-likeness (QED) is 0.751. The Hall–Kier alpha value is -1.56. The van der Waals surface area contributed by atoms with Gasteiger partial charge in [-0.3, -0.25) is 9.10 Å². The van der Waals surface area contributed by atoms with Crippen LogP contribution >= 0.6 is 0 Å². The van der Waals surface area contributed by atoms with E-state index in [1.807, 2.05) is 39.0 Å². The highest BCUT2D eigenvalue weighted by Crippen LogP contribution is 2.29. The molecule has 0 aliphatic carbocycles. The minimum atomic E-state index is -3.45. The summed E-state index contributed by atoms with van der Waals surface area (Å²) in [6.45, 7) is 6.77. The van der Waals surface area contributed by atoms with Crippen LogP contribution in [0.1, 0.15) is 44.7 Å². The van der Waals surface area contributed by atoms with Crippen molar-refractivity contribution >= 4 is 21.6 Å². The number of carbonyl (C=O) groups is 1. The molecular formula is C17H28N2O3S. The third kappa shape index (κ3) is 5.53. The highest BCUT2D eigenvalue weighted by molar-refractivity contribution is 7.92. The third-order valence-electron chi connectivity index (χ3n) is 3.73. The molecule has 1 aromatic carbocycles. The fourth-order valence-corrected chi connectivity index (χ4v) is 3.52. The number of nitrogens with zero attached hydrogens (tertiary/aromatic N) is 1. The van der Waals surface area contributed by atoms with Crippen LogP contribution in [-0.2, 0) is 27.7 Å². The second-order valence-electron chi connectivity index (χ2n) is 5.57. The van der Waals surface area contributed by atoms with Crippen LogP contribution < -0.4 is 9.62 Å². The molecule has 0 atom stereocenters. The van der Waals surface area contributed by atoms with E-state index in [0.717, 1.165) is 36.1 Å². The van der Waals surface area contributed by atoms with Gasteiger partial charge in [0.15, 0.2) is 0 Å². The van der Waals surface area contributed by atoms with Crippen molar-refractivity contribution in [1.82, 2.24) is 5.32 Å². The number of rotatable bonds is 9. The van der Waals surface area contributed by atoms with Gasteiger partial charge in [-0.25, -0.2) is 8.42 Å². The van der Waals surface area contributed by atoms with E-state index in [9.17, 15) is 13.2 Å². The number of hydrogen-bond acceptors (Lipinski definition) is 3. The van der Waals surface area contributed by atoms with Crippen molar-refractivity contribution in [2.45, 2.75) is 46.5 Å². The lowest BCUT2D eigenvalue weighted by Crippen LogP contribution is -2.36. The molecule has 130 valence electrons. The van der Waals surface area contributed by atoms with Crippen molar-refractivity contribution in [3.8, 4) is 0 Å². The first-order valence-electron chi connectivity index (χ1n) is 8.20. The van der Waals surface area contributed by atoms with E-state index in [2.05, 4.69) is 5.32 Å². The lowest BCUT2D eigenvalue weighted by Gasteiger charge is -2.27. The van der Waals surface area contributed by atoms with Gasteiger partial charge in [0.2, 0.25) is 15.9 Å². The summed E-state index contributed by atoms with van der Waals surface area (Å²) < 4.78 is 26.0. The zero-order valence-electron chi connectivity index (χ0n) is 14.6. The van der Waals surface area contributed by atoms with E-state index in [1.165, 1.54) is 10.6 Å². The molecule has 0 aromatic heterocycles. The predicted molar refractivity (Wildman–Crippen MR) is 95.3 cm³/mol. The Bertz CT molecular complexity index is 604. The Morgan fingerprint density at radius 3 is 2.13 bits per heavy atom. The molecule has 1 rings (SSSR count). The Kier molecular flexibility index (Phi) is 7.55. The van der Waals surface area contributed by atoms with Gasteiger partial charge in [0.1, 0.15) is 0 Å². The predicted octanol–water partition coefficient (Wildman–Crippen LogP) is 2.49. The molecular weight excluding hydrogens is 312 g/mol. The zero-order chi connectivity index (χ0) is 17.5. The lowest BCUT2D eigenvalue weighted by atomic mass is 10.0. The van der Waals surface area contributed by atoms with Crippen LogP contribution in [-0.4, -0.2) is 33.7 Å². The zero-order valence-corrected chi connectivity index (χ0v) is 15.4. The van der Waals surface area contributed by atoms with E-state index in [1.54, 1.807) is 0 Å². The van der Waals surface area contributed by atoms with Crippen LogP contribution in [0.5, 0.6) is 0 Å². The van der Waals surface area contributed by atoms with Crippen LogP contribution in [0.2, 0.25) is 0 Å². The van der Waals surface area contributed by atoms with E-state index in [0.29, 0.717) is 6.54 Å². The number of benzene rings is 1. The first kappa shape index (κ1) is 19.5. The van der Waals surface area contributed by atoms with Crippen molar-refractivity contribution in [2.75, 3.05) is 23.7 Å². The number of anilines is 1. The Morgan fingerprint density at radius 1 is 1.13 bits per heavy atom. The maximum Gasteiger partial charge on any atom is 0.232 e. The number of carbonyl (C=O) groups excluding carboxylic acids is 1. The van der Waals surface area contributed by atoms with Crippen molar-refractivity contribution in [2.24, 2.45) is 0 Å². The van der Waals surface area contributed by atoms with Gasteiger partial charge in [0.05, 0.1) is 11.9 Å². The van der Waals surface area contributed by atoms with Crippen molar-refractivity contribution in [1.29, 1.82) is 0 Å². The summed E-state index contributed by atoms with van der Waals surface area (Å²) in [6, 6.07) is 5.85. The van der Waals surface area contributed by atoms with Crippen LogP contribution in [0.3, 0.4) is 0 Å². The molecule has 5 nitrogen and oxygen atoms in total. The molecule has 1 aromatic rings. The number of aryl methyl sites for hydroxylation is 2. The number of hydrogen-bond donors (Lipinski definition) is 1. The highest BCUT2D eigenvalue weighted by atomic mass is 32.2. The van der Waals surface area contributed by atoms with Gasteiger partial charge < -0.3 is 5.32 Å². The van der Waals surface area contributed by atoms with Crippen molar-refractivity contribution < 1.29 is 13.2 Å². The minimum Gasteiger partial charge on any atom is -0.356 e. The molecule has 0 heterocycles. The summed E-state index contributed by atoms with van der Waals surface area (Å²) in [6.07, 6.45) is 3.71. The summed E-state index contributed by atoms with van der Waals surface area (Å²) in [4.78, 5) is 11.8. The van der Waals surface area contributed by atoms with Crippen LogP contribution in [0, 0.1) is 0 Å². The topological polar surface area (TPSA) is 66.5 Å². The van der Waals surface area contributed by atoms with Gasteiger partial charge in [-0.15, -0.1) is 0 Å². The molecule has 6 heteroatoms. The molecule has 0 aliphatic heterocycles. The summed E-state index contributed by atoms with van der Waals surface area (Å²) in [5.41, 5.74) is 2.72. The molecule has 1 N–H and O–H groups in total. The molecule has 23 heavy (non-hydrogen) atoms. The van der Waals surface area contributed by atoms with E-state index in [4.69, 9.17) is 0 Å². The van der Waals surface area contributed by atoms with E-state index < -0.39 is 10.0 Å². The maximum atomic E-state index is 12.3. The smallest absolute Gasteiger partial charge is 0.232 e. The first-order valence-corrected chi connectivity index (χ1v) is 10.0. The van der Waals surface area contributed by atoms with Gasteiger partial charge in [0, 0.05) is 19.5 Å². The fraction of sp³-hybridized carbons (Fsp3) is 0.588. The average molecular weight is 340 g/mol. The minimum absolute atomic E-state index is 0.118. The molecule has 0 fully saturated rings. The number of para-hydroxylation sites is 1. The standard InChI is InChI=1S/C17H28N2O3S/c1-5-12-18-16(20)11-13-19(23(4,21)22)17-14(6-2)9-8-10-15(17)7-3/h8-10H,5-7,11-13H2,1-4H3,(H,18,20). The molecule has 0 saturated heterocycles. The fourth-order valence-electron chi connectivity index (χ4n) is 2.53. The average Bonchev–Trinajstić information content (AvgIpc) is 2.51. The molecule has 0 spiro atoms. The second kappa shape index (κ2) is 8.91. The van der Waals surface area contributed by atoms with Crippen molar-refractivity contribution in [3.05, 3.63) is 29.3 Å². The Morgan fingerprint density at radius 2 is 1.70 bits per heavy atom. The Balaban J connectivity index is 3.12. The SMILES string of the molecule is CCCNC(=O)CCN(c1c(CC)cccc1CC)S(C)(=O)=O. The van der Waals surface area contributed by atoms with E-state index in [-0.39, 0.29) is 18.9 Å². The maximum absolute atomic E-state index is 12.3. The number of nitrogens with one attached hydrogen (secondary N) is 1. The largest absolute Gasteiger partial charge is 0.356 e. The highest BCUT2D eigenvalue weighted by Gasteiger charge is 2.23. The number of sulfonamides is 1. The monoisotopic (exact) mass is 340 g/mol. The number of amides is 1. The normalized spacial score (nSPS) is 11.3. The van der Waals surface area contributed by atoms with Gasteiger partial charge in [-0.2, -0.15) is 0 Å². The van der Waals surface area contributed by atoms with Gasteiger partial charge >= 0.3 is 0 Å². The summed E-state index contributed by atoms with van der Waals surface area (Å²) in [5.74, 6) is -0.118. The molecule has 0 bridgehead atoms. The summed E-state index contributed by atoms with van der Waals surface area (Å²) in [5, 5.41) is 2.79. The first-order chi connectivity index (χ1) is 10.8. The molecule has 0 saturated carbocycles. The molecule has 0 radical (unpaired) electrons. The van der Waals surface area contributed by atoms with Crippen molar-refractivity contribution in [3.63, 3.8) is 0 Å². The summed E-state index contributed by atoms with van der Waals surface area (Å²) >= 11 is 0. The second-order valence-corrected chi connectivity index (χ2v) is 7.47. The third-order valence-corrected chi connectivity index (χ3v) is 4.89. The van der Waals surface area contributed by atoms with E-state index >= 15 is 0 Å². The molecule has 1 amide bonds. The Labute approximate surface area is 140 Å². The van der Waals surface area contributed by atoms with Gasteiger partial charge in [-0.05, 0) is 30.4 Å². The summed E-state index contributed by atoms with van der Waals surface area (Å²) in [7, 11) is -3.45. The van der Waals surface area contributed by atoms with Gasteiger partial charge in [-0.1, -0.05) is 39.0 Å².